The van der Waals surface area contributed by atoms with Gasteiger partial charge >= 0.3 is 6.18 Å². The van der Waals surface area contributed by atoms with Crippen molar-refractivity contribution in [2.45, 2.75) is 25.1 Å². The van der Waals surface area contributed by atoms with Gasteiger partial charge in [0, 0.05) is 16.0 Å². The zero-order chi connectivity index (χ0) is 11.5. The van der Waals surface area contributed by atoms with Crippen molar-refractivity contribution in [1.29, 1.82) is 0 Å². The number of rotatable bonds is 3. The molecule has 0 aromatic heterocycles. The van der Waals surface area contributed by atoms with Gasteiger partial charge in [-0.05, 0) is 40.6 Å². The zero-order valence-electron chi connectivity index (χ0n) is 7.89. The highest BCUT2D eigenvalue weighted by molar-refractivity contribution is 14.1. The molecule has 0 heterocycles. The van der Waals surface area contributed by atoms with Gasteiger partial charge in [0.1, 0.15) is 0 Å². The van der Waals surface area contributed by atoms with Gasteiger partial charge in [0.2, 0.25) is 0 Å². The van der Waals surface area contributed by atoms with Crippen LogP contribution in [0.15, 0.2) is 24.3 Å². The highest BCUT2D eigenvalue weighted by Crippen LogP contribution is 2.27. The van der Waals surface area contributed by atoms with E-state index in [0.29, 0.717) is 0 Å². The van der Waals surface area contributed by atoms with Crippen molar-refractivity contribution < 1.29 is 13.2 Å². The van der Waals surface area contributed by atoms with Gasteiger partial charge in [-0.15, -0.1) is 0 Å². The molecule has 0 saturated carbocycles. The predicted octanol–water partition coefficient (Wildman–Crippen LogP) is 3.63. The number of alkyl halides is 3. The molecule has 0 saturated heterocycles. The standard InChI is InChI=1S/C10H11F3IN/c11-10(12,13)6-5-9(15)7-3-1-2-4-8(7)14/h1-4,9H,5-6,15H2/t9-/m1/s1. The molecule has 1 rings (SSSR count). The molecule has 0 unspecified atom stereocenters. The molecular weight excluding hydrogens is 318 g/mol. The first-order valence-electron chi connectivity index (χ1n) is 4.47. The third-order valence-corrected chi connectivity index (χ3v) is 3.03. The first-order valence-corrected chi connectivity index (χ1v) is 5.55. The van der Waals surface area contributed by atoms with Crippen molar-refractivity contribution in [3.63, 3.8) is 0 Å². The third kappa shape index (κ3) is 4.38. The summed E-state index contributed by atoms with van der Waals surface area (Å²) < 4.78 is 36.8. The minimum absolute atomic E-state index is 0.0660. The van der Waals surface area contributed by atoms with Crippen molar-refractivity contribution in [2.24, 2.45) is 5.73 Å². The molecule has 5 heteroatoms. The normalized spacial score (nSPS) is 13.9. The second kappa shape index (κ2) is 5.16. The van der Waals surface area contributed by atoms with Crippen LogP contribution in [0.4, 0.5) is 13.2 Å². The maximum absolute atomic E-state index is 12.0. The smallest absolute Gasteiger partial charge is 0.324 e. The van der Waals surface area contributed by atoms with Crippen LogP contribution >= 0.6 is 22.6 Å². The van der Waals surface area contributed by atoms with Crippen molar-refractivity contribution in [3.8, 4) is 0 Å². The summed E-state index contributed by atoms with van der Waals surface area (Å²) in [7, 11) is 0. The molecular formula is C10H11F3IN. The maximum Gasteiger partial charge on any atom is 0.389 e. The Bertz CT molecular complexity index is 325. The Morgan fingerprint density at radius 2 is 1.87 bits per heavy atom. The Morgan fingerprint density at radius 1 is 1.27 bits per heavy atom. The monoisotopic (exact) mass is 329 g/mol. The van der Waals surface area contributed by atoms with Crippen LogP contribution in [0.3, 0.4) is 0 Å². The number of halogens is 4. The van der Waals surface area contributed by atoms with Crippen molar-refractivity contribution in [3.05, 3.63) is 33.4 Å². The number of hydrogen-bond donors (Lipinski definition) is 1. The molecule has 1 nitrogen and oxygen atoms in total. The van der Waals surface area contributed by atoms with E-state index in [-0.39, 0.29) is 6.42 Å². The molecule has 0 amide bonds. The molecule has 0 aliphatic heterocycles. The summed E-state index contributed by atoms with van der Waals surface area (Å²) in [6.07, 6.45) is -5.03. The summed E-state index contributed by atoms with van der Waals surface area (Å²) in [4.78, 5) is 0. The molecule has 1 atom stereocenters. The quantitative estimate of drug-likeness (QED) is 0.842. The minimum Gasteiger partial charge on any atom is -0.324 e. The molecule has 0 aliphatic rings. The molecule has 0 spiro atoms. The molecule has 0 aliphatic carbocycles. The summed E-state index contributed by atoms with van der Waals surface area (Å²) in [6, 6.07) is 6.68. The first kappa shape index (κ1) is 12.8. The molecule has 84 valence electrons. The Balaban J connectivity index is 2.62. The van der Waals surface area contributed by atoms with Gasteiger partial charge < -0.3 is 5.73 Å². The van der Waals surface area contributed by atoms with E-state index in [0.717, 1.165) is 9.13 Å². The van der Waals surface area contributed by atoms with Crippen LogP contribution in [-0.2, 0) is 0 Å². The van der Waals surface area contributed by atoms with E-state index in [1.54, 1.807) is 12.1 Å². The van der Waals surface area contributed by atoms with E-state index < -0.39 is 18.6 Å². The fourth-order valence-electron chi connectivity index (χ4n) is 1.25. The summed E-state index contributed by atoms with van der Waals surface area (Å²) in [5.41, 5.74) is 6.48. The summed E-state index contributed by atoms with van der Waals surface area (Å²) in [6.45, 7) is 0. The van der Waals surface area contributed by atoms with Crippen molar-refractivity contribution in [2.75, 3.05) is 0 Å². The second-order valence-corrected chi connectivity index (χ2v) is 4.44. The topological polar surface area (TPSA) is 26.0 Å². The largest absolute Gasteiger partial charge is 0.389 e. The first-order chi connectivity index (χ1) is 6.90. The molecule has 0 radical (unpaired) electrons. The fraction of sp³-hybridized carbons (Fsp3) is 0.400. The highest BCUT2D eigenvalue weighted by Gasteiger charge is 2.28. The molecule has 15 heavy (non-hydrogen) atoms. The maximum atomic E-state index is 12.0. The second-order valence-electron chi connectivity index (χ2n) is 3.28. The lowest BCUT2D eigenvalue weighted by Gasteiger charge is -2.14. The zero-order valence-corrected chi connectivity index (χ0v) is 10.0. The van der Waals surface area contributed by atoms with Crippen molar-refractivity contribution in [1.82, 2.24) is 0 Å². The predicted molar refractivity (Wildman–Crippen MR) is 61.4 cm³/mol. The van der Waals surface area contributed by atoms with Crippen LogP contribution in [0.5, 0.6) is 0 Å². The van der Waals surface area contributed by atoms with Gasteiger partial charge in [-0.2, -0.15) is 13.2 Å². The van der Waals surface area contributed by atoms with Crippen LogP contribution in [0.25, 0.3) is 0 Å². The number of hydrogen-bond acceptors (Lipinski definition) is 1. The van der Waals surface area contributed by atoms with Crippen LogP contribution in [-0.4, -0.2) is 6.18 Å². The molecule has 1 aromatic rings. The molecule has 2 N–H and O–H groups in total. The van der Waals surface area contributed by atoms with Gasteiger partial charge in [0.25, 0.3) is 0 Å². The highest BCUT2D eigenvalue weighted by atomic mass is 127. The average molecular weight is 329 g/mol. The Kier molecular flexibility index (Phi) is 4.39. The molecule has 0 bridgehead atoms. The van der Waals surface area contributed by atoms with Crippen LogP contribution < -0.4 is 5.73 Å². The van der Waals surface area contributed by atoms with Gasteiger partial charge in [-0.25, -0.2) is 0 Å². The lowest BCUT2D eigenvalue weighted by atomic mass is 10.0. The van der Waals surface area contributed by atoms with E-state index >= 15 is 0 Å². The average Bonchev–Trinajstić information content (AvgIpc) is 2.14. The Hall–Kier alpha value is -0.300. The van der Waals surface area contributed by atoms with Crippen molar-refractivity contribution >= 4 is 22.6 Å². The van der Waals surface area contributed by atoms with Crippen LogP contribution in [0.2, 0.25) is 0 Å². The molecule has 0 fully saturated rings. The third-order valence-electron chi connectivity index (χ3n) is 2.04. The number of benzene rings is 1. The van der Waals surface area contributed by atoms with E-state index in [4.69, 9.17) is 5.73 Å². The van der Waals surface area contributed by atoms with E-state index in [2.05, 4.69) is 22.6 Å². The van der Waals surface area contributed by atoms with Gasteiger partial charge in [-0.3, -0.25) is 0 Å². The van der Waals surface area contributed by atoms with Gasteiger partial charge in [0.15, 0.2) is 0 Å². The summed E-state index contributed by atoms with van der Waals surface area (Å²) in [5.74, 6) is 0. The van der Waals surface area contributed by atoms with Gasteiger partial charge in [0.05, 0.1) is 0 Å². The van der Waals surface area contributed by atoms with Crippen LogP contribution in [0.1, 0.15) is 24.4 Å². The summed E-state index contributed by atoms with van der Waals surface area (Å²) >= 11 is 2.07. The SMILES string of the molecule is N[C@H](CCC(F)(F)F)c1ccccc1I. The number of nitrogens with two attached hydrogens (primary N) is 1. The minimum atomic E-state index is -4.13. The lowest BCUT2D eigenvalue weighted by Crippen LogP contribution is -2.16. The van der Waals surface area contributed by atoms with Gasteiger partial charge in [-0.1, -0.05) is 18.2 Å². The van der Waals surface area contributed by atoms with E-state index in [9.17, 15) is 13.2 Å². The van der Waals surface area contributed by atoms with Crippen LogP contribution in [0, 0.1) is 3.57 Å². The Morgan fingerprint density at radius 3 is 2.40 bits per heavy atom. The summed E-state index contributed by atoms with van der Waals surface area (Å²) in [5, 5.41) is 0. The fourth-order valence-corrected chi connectivity index (χ4v) is 2.04. The van der Waals surface area contributed by atoms with E-state index in [1.165, 1.54) is 0 Å². The lowest BCUT2D eigenvalue weighted by molar-refractivity contribution is -0.136. The molecule has 1 aromatic carbocycles. The van der Waals surface area contributed by atoms with E-state index in [1.807, 2.05) is 12.1 Å². The Labute approximate surface area is 100.0 Å².